The number of nitrogens with zero attached hydrogens (tertiary/aromatic N) is 2. The van der Waals surface area contributed by atoms with Crippen molar-refractivity contribution in [2.45, 2.75) is 24.3 Å². The first-order valence-electron chi connectivity index (χ1n) is 9.00. The van der Waals surface area contributed by atoms with Crippen LogP contribution < -0.4 is 5.32 Å². The number of carbonyl (C=O) groups is 1. The van der Waals surface area contributed by atoms with Gasteiger partial charge in [-0.25, -0.2) is 12.7 Å². The summed E-state index contributed by atoms with van der Waals surface area (Å²) in [5.74, 6) is -0.260. The first-order chi connectivity index (χ1) is 13.5. The molecular formula is C20H25Cl2N3O3S. The summed E-state index contributed by atoms with van der Waals surface area (Å²) in [7, 11) is 1.18. The molecule has 0 aliphatic carbocycles. The molecule has 2 aromatic rings. The van der Waals surface area contributed by atoms with E-state index in [9.17, 15) is 13.2 Å². The number of halogens is 2. The van der Waals surface area contributed by atoms with Crippen LogP contribution in [0.5, 0.6) is 0 Å². The molecular weight excluding hydrogens is 433 g/mol. The molecule has 1 amide bonds. The summed E-state index contributed by atoms with van der Waals surface area (Å²) in [6, 6.07) is 11.9. The van der Waals surface area contributed by atoms with E-state index in [0.29, 0.717) is 11.6 Å². The van der Waals surface area contributed by atoms with E-state index in [1.54, 1.807) is 0 Å². The lowest BCUT2D eigenvalue weighted by Gasteiger charge is -2.25. The van der Waals surface area contributed by atoms with Gasteiger partial charge in [-0.15, -0.1) is 0 Å². The van der Waals surface area contributed by atoms with E-state index < -0.39 is 10.0 Å². The predicted molar refractivity (Wildman–Crippen MR) is 118 cm³/mol. The maximum absolute atomic E-state index is 12.4. The monoisotopic (exact) mass is 457 g/mol. The van der Waals surface area contributed by atoms with Gasteiger partial charge in [0, 0.05) is 38.1 Å². The normalized spacial score (nSPS) is 13.0. The topological polar surface area (TPSA) is 69.7 Å². The molecule has 29 heavy (non-hydrogen) atoms. The number of anilines is 1. The van der Waals surface area contributed by atoms with Gasteiger partial charge in [0.05, 0.1) is 15.6 Å². The number of nitrogens with one attached hydrogen (secondary N) is 1. The first kappa shape index (κ1) is 23.6. The Hall–Kier alpha value is -1.64. The predicted octanol–water partition coefficient (Wildman–Crippen LogP) is 4.27. The molecule has 0 aliphatic heterocycles. The van der Waals surface area contributed by atoms with Crippen LogP contribution >= 0.6 is 23.2 Å². The Labute approximate surface area is 182 Å². The molecule has 6 nitrogen and oxygen atoms in total. The summed E-state index contributed by atoms with van der Waals surface area (Å²) in [4.78, 5) is 14.5. The van der Waals surface area contributed by atoms with Crippen LogP contribution in [0, 0.1) is 0 Å². The van der Waals surface area contributed by atoms with Crippen molar-refractivity contribution in [1.82, 2.24) is 9.21 Å². The molecule has 0 bridgehead atoms. The van der Waals surface area contributed by atoms with E-state index >= 15 is 0 Å². The zero-order valence-electron chi connectivity index (χ0n) is 16.8. The third-order valence-corrected chi connectivity index (χ3v) is 7.18. The van der Waals surface area contributed by atoms with Crippen LogP contribution in [0.15, 0.2) is 47.4 Å². The van der Waals surface area contributed by atoms with Crippen LogP contribution in [0.1, 0.15) is 24.9 Å². The molecule has 0 fully saturated rings. The standard InChI is InChI=1S/C20H25Cl2N3O3S/c1-14(16-7-5-6-8-17(16)21)25(4)12-11-20(26)23-19-13-15(9-10-18(19)22)29(27,28)24(2)3/h5-10,13-14H,11-12H2,1-4H3,(H,23,26). The number of carbonyl (C=O) groups excluding carboxylic acids is 1. The minimum absolute atomic E-state index is 0.0358. The highest BCUT2D eigenvalue weighted by molar-refractivity contribution is 7.89. The molecule has 1 unspecified atom stereocenters. The minimum atomic E-state index is -3.62. The average molecular weight is 458 g/mol. The van der Waals surface area contributed by atoms with Gasteiger partial charge in [0.1, 0.15) is 0 Å². The minimum Gasteiger partial charge on any atom is -0.325 e. The summed E-state index contributed by atoms with van der Waals surface area (Å²) in [6.07, 6.45) is 0.215. The van der Waals surface area contributed by atoms with Crippen LogP contribution in [0.3, 0.4) is 0 Å². The summed E-state index contributed by atoms with van der Waals surface area (Å²) >= 11 is 12.4. The van der Waals surface area contributed by atoms with Crippen LogP contribution in [-0.2, 0) is 14.8 Å². The Kier molecular flexibility index (Phi) is 8.08. The highest BCUT2D eigenvalue weighted by atomic mass is 35.5. The molecule has 2 aromatic carbocycles. The quantitative estimate of drug-likeness (QED) is 0.642. The molecule has 9 heteroatoms. The fraction of sp³-hybridized carbons (Fsp3) is 0.350. The molecule has 0 heterocycles. The van der Waals surface area contributed by atoms with Gasteiger partial charge in [0.25, 0.3) is 0 Å². The second kappa shape index (κ2) is 9.91. The Bertz CT molecular complexity index is 981. The summed E-state index contributed by atoms with van der Waals surface area (Å²) in [5.41, 5.74) is 1.25. The van der Waals surface area contributed by atoms with Crippen molar-refractivity contribution in [3.8, 4) is 0 Å². The van der Waals surface area contributed by atoms with Crippen LogP contribution in [0.4, 0.5) is 5.69 Å². The molecule has 0 aromatic heterocycles. The van der Waals surface area contributed by atoms with Gasteiger partial charge < -0.3 is 5.32 Å². The first-order valence-corrected chi connectivity index (χ1v) is 11.2. The molecule has 158 valence electrons. The number of sulfonamides is 1. The Morgan fingerprint density at radius 2 is 1.72 bits per heavy atom. The lowest BCUT2D eigenvalue weighted by Crippen LogP contribution is -2.27. The second-order valence-corrected chi connectivity index (χ2v) is 9.87. The van der Waals surface area contributed by atoms with Gasteiger partial charge in [0.2, 0.25) is 15.9 Å². The van der Waals surface area contributed by atoms with Crippen molar-refractivity contribution >= 4 is 44.8 Å². The Balaban J connectivity index is 2.03. The fourth-order valence-corrected chi connectivity index (χ4v) is 4.09. The highest BCUT2D eigenvalue weighted by Gasteiger charge is 2.20. The van der Waals surface area contributed by atoms with Crippen molar-refractivity contribution in [3.05, 3.63) is 58.1 Å². The molecule has 2 rings (SSSR count). The number of benzene rings is 2. The molecule has 0 saturated carbocycles. The largest absolute Gasteiger partial charge is 0.325 e. The maximum atomic E-state index is 12.4. The SMILES string of the molecule is CC(c1ccccc1Cl)N(C)CCC(=O)Nc1cc(S(=O)(=O)N(C)C)ccc1Cl. The number of amides is 1. The van der Waals surface area contributed by atoms with E-state index in [1.165, 1.54) is 32.3 Å². The van der Waals surface area contributed by atoms with Crippen LogP contribution in [0.25, 0.3) is 0 Å². The van der Waals surface area contributed by atoms with Gasteiger partial charge in [-0.2, -0.15) is 0 Å². The molecule has 0 aliphatic rings. The lowest BCUT2D eigenvalue weighted by molar-refractivity contribution is -0.116. The molecule has 1 N–H and O–H groups in total. The van der Waals surface area contributed by atoms with Crippen LogP contribution in [0.2, 0.25) is 10.0 Å². The number of rotatable bonds is 8. The smallest absolute Gasteiger partial charge is 0.242 e. The van der Waals surface area contributed by atoms with E-state index in [1.807, 2.05) is 43.1 Å². The van der Waals surface area contributed by atoms with Crippen molar-refractivity contribution in [2.75, 3.05) is 33.0 Å². The summed E-state index contributed by atoms with van der Waals surface area (Å²) < 4.78 is 25.7. The van der Waals surface area contributed by atoms with Gasteiger partial charge in [-0.05, 0) is 43.8 Å². The van der Waals surface area contributed by atoms with Gasteiger partial charge in [-0.1, -0.05) is 41.4 Å². The third-order valence-electron chi connectivity index (χ3n) is 4.70. The van der Waals surface area contributed by atoms with E-state index in [-0.39, 0.29) is 34.0 Å². The van der Waals surface area contributed by atoms with Crippen LogP contribution in [-0.4, -0.2) is 51.2 Å². The van der Waals surface area contributed by atoms with Crippen molar-refractivity contribution in [2.24, 2.45) is 0 Å². The number of hydrogen-bond acceptors (Lipinski definition) is 4. The maximum Gasteiger partial charge on any atom is 0.242 e. The summed E-state index contributed by atoms with van der Waals surface area (Å²) in [6.45, 7) is 2.51. The fourth-order valence-electron chi connectivity index (χ4n) is 2.71. The van der Waals surface area contributed by atoms with Gasteiger partial charge >= 0.3 is 0 Å². The Morgan fingerprint density at radius 3 is 2.34 bits per heavy atom. The van der Waals surface area contributed by atoms with Crippen molar-refractivity contribution in [3.63, 3.8) is 0 Å². The number of hydrogen-bond donors (Lipinski definition) is 1. The van der Waals surface area contributed by atoms with E-state index in [2.05, 4.69) is 5.32 Å². The van der Waals surface area contributed by atoms with E-state index in [4.69, 9.17) is 23.2 Å². The second-order valence-electron chi connectivity index (χ2n) is 6.91. The highest BCUT2D eigenvalue weighted by Crippen LogP contribution is 2.28. The zero-order valence-corrected chi connectivity index (χ0v) is 19.1. The summed E-state index contributed by atoms with van der Waals surface area (Å²) in [5, 5.41) is 3.65. The third kappa shape index (κ3) is 5.93. The van der Waals surface area contributed by atoms with E-state index in [0.717, 1.165) is 9.87 Å². The van der Waals surface area contributed by atoms with Crippen molar-refractivity contribution in [1.29, 1.82) is 0 Å². The Morgan fingerprint density at radius 1 is 1.07 bits per heavy atom. The van der Waals surface area contributed by atoms with Gasteiger partial charge in [-0.3, -0.25) is 9.69 Å². The molecule has 0 saturated heterocycles. The lowest BCUT2D eigenvalue weighted by atomic mass is 10.1. The average Bonchev–Trinajstić information content (AvgIpc) is 2.67. The molecule has 0 spiro atoms. The molecule has 0 radical (unpaired) electrons. The van der Waals surface area contributed by atoms with Gasteiger partial charge in [0.15, 0.2) is 0 Å². The zero-order chi connectivity index (χ0) is 21.8. The molecule has 1 atom stereocenters. The van der Waals surface area contributed by atoms with Crippen molar-refractivity contribution < 1.29 is 13.2 Å².